The van der Waals surface area contributed by atoms with E-state index in [-0.39, 0.29) is 5.91 Å². The lowest BCUT2D eigenvalue weighted by atomic mass is 10.1. The third-order valence-corrected chi connectivity index (χ3v) is 3.25. The Morgan fingerprint density at radius 1 is 1.21 bits per heavy atom. The van der Waals surface area contributed by atoms with Gasteiger partial charge in [-0.3, -0.25) is 10.2 Å². The number of carbonyl (C=O) groups excluding carboxylic acids is 1. The van der Waals surface area contributed by atoms with Gasteiger partial charge in [0, 0.05) is 18.0 Å². The molecule has 1 atom stereocenters. The van der Waals surface area contributed by atoms with Crippen LogP contribution in [0.5, 0.6) is 0 Å². The molecule has 1 heterocycles. The second-order valence-corrected chi connectivity index (χ2v) is 5.41. The van der Waals surface area contributed by atoms with Gasteiger partial charge in [0.25, 0.3) is 5.91 Å². The van der Waals surface area contributed by atoms with Crippen LogP contribution in [0.3, 0.4) is 0 Å². The maximum Gasteiger partial charge on any atom is 0.251 e. The highest BCUT2D eigenvalue weighted by molar-refractivity contribution is 6.05. The summed E-state index contributed by atoms with van der Waals surface area (Å²) in [7, 11) is 0. The van der Waals surface area contributed by atoms with Gasteiger partial charge in [0.05, 0.1) is 6.04 Å². The van der Waals surface area contributed by atoms with Gasteiger partial charge in [0.2, 0.25) is 5.95 Å². The number of amides is 1. The summed E-state index contributed by atoms with van der Waals surface area (Å²) in [5.74, 6) is 0.530. The third-order valence-electron chi connectivity index (χ3n) is 3.25. The summed E-state index contributed by atoms with van der Waals surface area (Å²) in [6.07, 6.45) is 4.09. The molecule has 1 aromatic carbocycles. The largest absolute Gasteiger partial charge is 0.342 e. The molecule has 2 rings (SSSR count). The fourth-order valence-corrected chi connectivity index (χ4v) is 2.25. The van der Waals surface area contributed by atoms with Crippen molar-refractivity contribution < 1.29 is 4.79 Å². The van der Waals surface area contributed by atoms with E-state index in [1.807, 2.05) is 32.0 Å². The second kappa shape index (κ2) is 7.96. The first-order valence-corrected chi connectivity index (χ1v) is 7.49. The normalized spacial score (nSPS) is 12.4. The van der Waals surface area contributed by atoms with Crippen molar-refractivity contribution in [2.75, 3.05) is 5.32 Å². The summed E-state index contributed by atoms with van der Waals surface area (Å²) in [5.41, 5.74) is 2.64. The molecule has 7 heteroatoms. The van der Waals surface area contributed by atoms with Gasteiger partial charge in [-0.25, -0.2) is 15.0 Å². The highest BCUT2D eigenvalue weighted by Gasteiger charge is 2.16. The quantitative estimate of drug-likeness (QED) is 0.580. The Bertz CT molecular complexity index is 737. The molecule has 0 radical (unpaired) electrons. The van der Waals surface area contributed by atoms with Crippen molar-refractivity contribution in [3.05, 3.63) is 53.3 Å². The number of rotatable bonds is 5. The Balaban J connectivity index is 2.12. The van der Waals surface area contributed by atoms with Crippen molar-refractivity contribution in [3.8, 4) is 0 Å². The van der Waals surface area contributed by atoms with Crippen LogP contribution in [0.15, 0.2) is 41.7 Å². The molecule has 7 nitrogen and oxygen atoms in total. The van der Waals surface area contributed by atoms with E-state index in [0.29, 0.717) is 17.3 Å². The Hall–Kier alpha value is -3.09. The summed E-state index contributed by atoms with van der Waals surface area (Å²) in [5, 5.41) is 13.0. The molecular weight excluding hydrogens is 304 g/mol. The van der Waals surface area contributed by atoms with E-state index < -0.39 is 6.04 Å². The maximum absolute atomic E-state index is 12.4. The van der Waals surface area contributed by atoms with Crippen LogP contribution in [-0.4, -0.2) is 34.1 Å². The first-order valence-electron chi connectivity index (χ1n) is 7.49. The SMILES string of the molecule is Cc1cc(C)cc(C(=O)N[C@@H](C)/C(=N/C=N)Nc2ncccn2)c1. The molecule has 0 saturated heterocycles. The minimum Gasteiger partial charge on any atom is -0.342 e. The molecule has 124 valence electrons. The molecule has 0 fully saturated rings. The number of benzene rings is 1. The molecule has 24 heavy (non-hydrogen) atoms. The number of amidine groups is 1. The van der Waals surface area contributed by atoms with Crippen LogP contribution in [0.25, 0.3) is 0 Å². The van der Waals surface area contributed by atoms with Gasteiger partial charge in [0.15, 0.2) is 0 Å². The first kappa shape index (κ1) is 17.3. The van der Waals surface area contributed by atoms with Gasteiger partial charge in [-0.05, 0) is 39.0 Å². The Morgan fingerprint density at radius 2 is 1.83 bits per heavy atom. The van der Waals surface area contributed by atoms with E-state index in [2.05, 4.69) is 25.6 Å². The molecule has 0 saturated carbocycles. The fraction of sp³-hybridized carbons (Fsp3) is 0.235. The van der Waals surface area contributed by atoms with E-state index >= 15 is 0 Å². The predicted molar refractivity (Wildman–Crippen MR) is 94.7 cm³/mol. The number of nitrogens with one attached hydrogen (secondary N) is 3. The van der Waals surface area contributed by atoms with Crippen molar-refractivity contribution >= 4 is 24.0 Å². The van der Waals surface area contributed by atoms with E-state index in [0.717, 1.165) is 17.5 Å². The second-order valence-electron chi connectivity index (χ2n) is 5.41. The zero-order valence-electron chi connectivity index (χ0n) is 13.9. The van der Waals surface area contributed by atoms with Gasteiger partial charge in [-0.1, -0.05) is 17.2 Å². The van der Waals surface area contributed by atoms with E-state index in [1.54, 1.807) is 25.4 Å². The molecule has 0 unspecified atom stereocenters. The van der Waals surface area contributed by atoms with Crippen LogP contribution in [0, 0.1) is 19.3 Å². The summed E-state index contributed by atoms with van der Waals surface area (Å²) < 4.78 is 0. The summed E-state index contributed by atoms with van der Waals surface area (Å²) in [4.78, 5) is 24.5. The van der Waals surface area contributed by atoms with Gasteiger partial charge in [-0.2, -0.15) is 0 Å². The van der Waals surface area contributed by atoms with E-state index in [9.17, 15) is 4.79 Å². The van der Waals surface area contributed by atoms with E-state index in [4.69, 9.17) is 5.41 Å². The number of aliphatic imine (C=N–C) groups is 1. The van der Waals surface area contributed by atoms with E-state index in [1.165, 1.54) is 0 Å². The lowest BCUT2D eigenvalue weighted by molar-refractivity contribution is 0.0949. The molecule has 1 aromatic heterocycles. The summed E-state index contributed by atoms with van der Waals surface area (Å²) >= 11 is 0. The fourth-order valence-electron chi connectivity index (χ4n) is 2.25. The Labute approximate surface area is 140 Å². The molecule has 0 aliphatic carbocycles. The highest BCUT2D eigenvalue weighted by Crippen LogP contribution is 2.09. The molecule has 0 aliphatic heterocycles. The number of aromatic nitrogens is 2. The molecular formula is C17H20N6O. The molecule has 1 amide bonds. The van der Waals surface area contributed by atoms with Crippen LogP contribution < -0.4 is 10.6 Å². The van der Waals surface area contributed by atoms with Crippen LogP contribution >= 0.6 is 0 Å². The molecule has 3 N–H and O–H groups in total. The minimum absolute atomic E-state index is 0.206. The zero-order chi connectivity index (χ0) is 17.5. The zero-order valence-corrected chi connectivity index (χ0v) is 13.9. The number of carbonyl (C=O) groups is 1. The summed E-state index contributed by atoms with van der Waals surface area (Å²) in [6, 6.07) is 6.93. The number of hydrogen-bond donors (Lipinski definition) is 3. The van der Waals surface area contributed by atoms with Crippen LogP contribution in [0.4, 0.5) is 5.95 Å². The lowest BCUT2D eigenvalue weighted by Crippen LogP contribution is -2.42. The summed E-state index contributed by atoms with van der Waals surface area (Å²) in [6.45, 7) is 5.67. The number of hydrogen-bond acceptors (Lipinski definition) is 4. The average molecular weight is 324 g/mol. The van der Waals surface area contributed by atoms with Gasteiger partial charge in [0.1, 0.15) is 12.2 Å². The standard InChI is InChI=1S/C17H20N6O/c1-11-7-12(2)9-14(8-11)16(24)22-13(3)15(21-10-18)23-17-19-5-4-6-20-17/h4-10,13H,1-3H3,(H,22,24)(H2,18,19,20,21,23)/t13-/m0/s1. The average Bonchev–Trinajstić information content (AvgIpc) is 2.54. The topological polar surface area (TPSA) is 103 Å². The molecule has 0 spiro atoms. The van der Waals surface area contributed by atoms with Crippen molar-refractivity contribution in [2.45, 2.75) is 26.8 Å². The number of aryl methyl sites for hydroxylation is 2. The number of anilines is 1. The number of nitrogens with zero attached hydrogens (tertiary/aromatic N) is 3. The van der Waals surface area contributed by atoms with Crippen LogP contribution in [-0.2, 0) is 0 Å². The first-order chi connectivity index (χ1) is 11.5. The smallest absolute Gasteiger partial charge is 0.251 e. The van der Waals surface area contributed by atoms with Gasteiger partial charge in [-0.15, -0.1) is 0 Å². The monoisotopic (exact) mass is 324 g/mol. The third kappa shape index (κ3) is 4.70. The molecule has 2 aromatic rings. The highest BCUT2D eigenvalue weighted by atomic mass is 16.1. The Kier molecular flexibility index (Phi) is 5.73. The molecule has 0 bridgehead atoms. The maximum atomic E-state index is 12.4. The lowest BCUT2D eigenvalue weighted by Gasteiger charge is -2.17. The minimum atomic E-state index is -0.441. The van der Waals surface area contributed by atoms with Crippen molar-refractivity contribution in [3.63, 3.8) is 0 Å². The van der Waals surface area contributed by atoms with Gasteiger partial charge < -0.3 is 10.6 Å². The van der Waals surface area contributed by atoms with Crippen molar-refractivity contribution in [2.24, 2.45) is 4.99 Å². The van der Waals surface area contributed by atoms with Crippen molar-refractivity contribution in [1.29, 1.82) is 5.41 Å². The van der Waals surface area contributed by atoms with Gasteiger partial charge >= 0.3 is 0 Å². The van der Waals surface area contributed by atoms with Crippen molar-refractivity contribution in [1.82, 2.24) is 15.3 Å². The van der Waals surface area contributed by atoms with Crippen LogP contribution in [0.2, 0.25) is 0 Å². The predicted octanol–water partition coefficient (Wildman–Crippen LogP) is 2.33. The van der Waals surface area contributed by atoms with Crippen LogP contribution in [0.1, 0.15) is 28.4 Å². The Morgan fingerprint density at radius 3 is 2.42 bits per heavy atom. The molecule has 0 aliphatic rings.